The number of nitrogens with one attached hydrogen (secondary N) is 1. The zero-order chi connectivity index (χ0) is 14.4. The maximum absolute atomic E-state index is 5.56. The molecule has 1 aliphatic rings. The Morgan fingerprint density at radius 3 is 2.80 bits per heavy atom. The lowest BCUT2D eigenvalue weighted by atomic mass is 9.99. The lowest BCUT2D eigenvalue weighted by Gasteiger charge is -2.30. The van der Waals surface area contributed by atoms with Crippen molar-refractivity contribution in [3.05, 3.63) is 12.4 Å². The number of rotatable bonds is 6. The zero-order valence-electron chi connectivity index (χ0n) is 12.8. The number of nitrogens with zero attached hydrogens (tertiary/aromatic N) is 3. The predicted molar refractivity (Wildman–Crippen MR) is 81.1 cm³/mol. The minimum Gasteiger partial charge on any atom is -0.475 e. The van der Waals surface area contributed by atoms with E-state index in [9.17, 15) is 0 Å². The molecule has 1 aromatic rings. The molecule has 5 nitrogen and oxygen atoms in total. The molecule has 0 saturated carbocycles. The van der Waals surface area contributed by atoms with E-state index in [0.717, 1.165) is 24.8 Å². The first-order chi connectivity index (χ1) is 9.63. The quantitative estimate of drug-likeness (QED) is 0.866. The molecule has 2 heterocycles. The average Bonchev–Trinajstić information content (AvgIpc) is 2.41. The second-order valence-electron chi connectivity index (χ2n) is 5.86. The normalized spacial score (nSPS) is 17.4. The van der Waals surface area contributed by atoms with Gasteiger partial charge in [-0.3, -0.25) is 0 Å². The van der Waals surface area contributed by atoms with Crippen molar-refractivity contribution < 1.29 is 4.74 Å². The lowest BCUT2D eigenvalue weighted by molar-refractivity contribution is 0.199. The second-order valence-corrected chi connectivity index (χ2v) is 5.86. The Morgan fingerprint density at radius 1 is 1.35 bits per heavy atom. The van der Waals surface area contributed by atoms with Crippen molar-refractivity contribution in [1.29, 1.82) is 0 Å². The van der Waals surface area contributed by atoms with Crippen LogP contribution in [0.5, 0.6) is 5.88 Å². The van der Waals surface area contributed by atoms with Crippen LogP contribution in [0.25, 0.3) is 0 Å². The number of aromatic nitrogens is 2. The Hall–Kier alpha value is -1.36. The fraction of sp³-hybridized carbons (Fsp3) is 0.733. The van der Waals surface area contributed by atoms with Gasteiger partial charge in [-0.25, -0.2) is 9.97 Å². The predicted octanol–water partition coefficient (Wildman–Crippen LogP) is 2.41. The number of ether oxygens (including phenoxy) is 1. The Balaban J connectivity index is 1.73. The summed E-state index contributed by atoms with van der Waals surface area (Å²) in [5.41, 5.74) is 0. The number of piperidine rings is 1. The molecule has 0 atom stereocenters. The summed E-state index contributed by atoms with van der Waals surface area (Å²) in [6.07, 6.45) is 4.32. The van der Waals surface area contributed by atoms with Gasteiger partial charge in [0, 0.05) is 19.2 Å². The van der Waals surface area contributed by atoms with Gasteiger partial charge in [0.2, 0.25) is 5.88 Å². The van der Waals surface area contributed by atoms with E-state index in [4.69, 9.17) is 4.74 Å². The summed E-state index contributed by atoms with van der Waals surface area (Å²) in [6.45, 7) is 10.7. The third kappa shape index (κ3) is 4.96. The van der Waals surface area contributed by atoms with Crippen LogP contribution < -0.4 is 10.1 Å². The van der Waals surface area contributed by atoms with Crippen LogP contribution in [0.3, 0.4) is 0 Å². The van der Waals surface area contributed by atoms with E-state index >= 15 is 0 Å². The Morgan fingerprint density at radius 2 is 2.10 bits per heavy atom. The van der Waals surface area contributed by atoms with E-state index in [0.29, 0.717) is 5.88 Å². The highest BCUT2D eigenvalue weighted by molar-refractivity contribution is 5.36. The van der Waals surface area contributed by atoms with Gasteiger partial charge < -0.3 is 15.0 Å². The highest BCUT2D eigenvalue weighted by Crippen LogP contribution is 2.16. The van der Waals surface area contributed by atoms with Gasteiger partial charge in [0.25, 0.3) is 0 Å². The molecule has 0 amide bonds. The van der Waals surface area contributed by atoms with Crippen molar-refractivity contribution >= 4 is 5.82 Å². The van der Waals surface area contributed by atoms with Gasteiger partial charge in [-0.15, -0.1) is 0 Å². The van der Waals surface area contributed by atoms with Crippen LogP contribution >= 0.6 is 0 Å². The molecule has 2 rings (SSSR count). The molecule has 5 heteroatoms. The highest BCUT2D eigenvalue weighted by atomic mass is 16.5. The van der Waals surface area contributed by atoms with Gasteiger partial charge in [0.15, 0.2) is 0 Å². The van der Waals surface area contributed by atoms with Crippen molar-refractivity contribution in [2.75, 3.05) is 31.5 Å². The molecule has 1 aliphatic heterocycles. The average molecular weight is 278 g/mol. The fourth-order valence-corrected chi connectivity index (χ4v) is 2.37. The maximum Gasteiger partial charge on any atom is 0.218 e. The van der Waals surface area contributed by atoms with Crippen LogP contribution in [0, 0.1) is 5.92 Å². The largest absolute Gasteiger partial charge is 0.475 e. The fourth-order valence-electron chi connectivity index (χ4n) is 2.37. The Kier molecular flexibility index (Phi) is 5.59. The Bertz CT molecular complexity index is 403. The van der Waals surface area contributed by atoms with Gasteiger partial charge in [-0.05, 0) is 45.7 Å². The first-order valence-electron chi connectivity index (χ1n) is 7.58. The first kappa shape index (κ1) is 15.0. The third-order valence-electron chi connectivity index (χ3n) is 3.61. The maximum atomic E-state index is 5.56. The minimum atomic E-state index is 0.132. The van der Waals surface area contributed by atoms with Gasteiger partial charge in [-0.2, -0.15) is 0 Å². The van der Waals surface area contributed by atoms with Crippen LogP contribution in [0.4, 0.5) is 5.82 Å². The highest BCUT2D eigenvalue weighted by Gasteiger charge is 2.14. The molecule has 0 spiro atoms. The molecular weight excluding hydrogens is 252 g/mol. The molecule has 20 heavy (non-hydrogen) atoms. The third-order valence-corrected chi connectivity index (χ3v) is 3.61. The van der Waals surface area contributed by atoms with E-state index < -0.39 is 0 Å². The number of anilines is 1. The van der Waals surface area contributed by atoms with E-state index in [1.807, 2.05) is 19.9 Å². The van der Waals surface area contributed by atoms with Crippen LogP contribution in [-0.4, -0.2) is 47.2 Å². The van der Waals surface area contributed by atoms with Crippen LogP contribution in [0.15, 0.2) is 12.4 Å². The topological polar surface area (TPSA) is 50.3 Å². The summed E-state index contributed by atoms with van der Waals surface area (Å²) in [5, 5.41) is 3.34. The van der Waals surface area contributed by atoms with E-state index in [2.05, 4.69) is 27.1 Å². The van der Waals surface area contributed by atoms with Crippen LogP contribution in [0.1, 0.15) is 33.6 Å². The summed E-state index contributed by atoms with van der Waals surface area (Å²) in [5.74, 6) is 2.35. The summed E-state index contributed by atoms with van der Waals surface area (Å²) in [4.78, 5) is 10.8. The summed E-state index contributed by atoms with van der Waals surface area (Å²) in [6, 6.07) is 1.86. The van der Waals surface area contributed by atoms with Gasteiger partial charge in [0.05, 0.1) is 6.10 Å². The van der Waals surface area contributed by atoms with Gasteiger partial charge in [0.1, 0.15) is 12.1 Å². The van der Waals surface area contributed by atoms with Crippen molar-refractivity contribution in [2.24, 2.45) is 5.92 Å². The summed E-state index contributed by atoms with van der Waals surface area (Å²) < 4.78 is 5.56. The SMILES string of the molecule is CC1CCN(CCNc2cc(OC(C)C)ncn2)CC1. The van der Waals surface area contributed by atoms with Crippen molar-refractivity contribution in [1.82, 2.24) is 14.9 Å². The van der Waals surface area contributed by atoms with Crippen molar-refractivity contribution in [3.8, 4) is 5.88 Å². The van der Waals surface area contributed by atoms with Gasteiger partial charge >= 0.3 is 0 Å². The monoisotopic (exact) mass is 278 g/mol. The minimum absolute atomic E-state index is 0.132. The first-order valence-corrected chi connectivity index (χ1v) is 7.58. The van der Waals surface area contributed by atoms with E-state index in [1.54, 1.807) is 6.33 Å². The summed E-state index contributed by atoms with van der Waals surface area (Å²) >= 11 is 0. The molecule has 1 N–H and O–H groups in total. The number of hydrogen-bond donors (Lipinski definition) is 1. The number of likely N-dealkylation sites (tertiary alicyclic amines) is 1. The lowest BCUT2D eigenvalue weighted by Crippen LogP contribution is -2.36. The van der Waals surface area contributed by atoms with Crippen LogP contribution in [0.2, 0.25) is 0 Å². The smallest absolute Gasteiger partial charge is 0.218 e. The van der Waals surface area contributed by atoms with Crippen molar-refractivity contribution in [2.45, 2.75) is 39.7 Å². The molecule has 1 saturated heterocycles. The molecule has 0 aliphatic carbocycles. The molecule has 112 valence electrons. The standard InChI is InChI=1S/C15H26N4O/c1-12(2)20-15-10-14(17-11-18-15)16-6-9-19-7-4-13(3)5-8-19/h10-13H,4-9H2,1-3H3,(H,16,17,18). The molecule has 1 aromatic heterocycles. The molecule has 0 radical (unpaired) electrons. The zero-order valence-corrected chi connectivity index (χ0v) is 12.8. The van der Waals surface area contributed by atoms with Gasteiger partial charge in [-0.1, -0.05) is 6.92 Å². The second kappa shape index (κ2) is 7.43. The van der Waals surface area contributed by atoms with Crippen LogP contribution in [-0.2, 0) is 0 Å². The van der Waals surface area contributed by atoms with Crippen molar-refractivity contribution in [3.63, 3.8) is 0 Å². The molecular formula is C15H26N4O. The molecule has 0 unspecified atom stereocenters. The Labute approximate surface area is 121 Å². The number of hydrogen-bond acceptors (Lipinski definition) is 5. The van der Waals surface area contributed by atoms with E-state index in [-0.39, 0.29) is 6.10 Å². The molecule has 0 bridgehead atoms. The molecule has 0 aromatic carbocycles. The molecule has 1 fully saturated rings. The van der Waals surface area contributed by atoms with E-state index in [1.165, 1.54) is 25.9 Å². The summed E-state index contributed by atoms with van der Waals surface area (Å²) in [7, 11) is 0.